The zero-order chi connectivity index (χ0) is 18.2. The van der Waals surface area contributed by atoms with Crippen LogP contribution in [0.25, 0.3) is 0 Å². The predicted molar refractivity (Wildman–Crippen MR) is 96.1 cm³/mol. The highest BCUT2D eigenvalue weighted by atomic mass is 32.1. The summed E-state index contributed by atoms with van der Waals surface area (Å²) in [4.78, 5) is 29.6. The van der Waals surface area contributed by atoms with E-state index in [0.29, 0.717) is 25.3 Å². The Morgan fingerprint density at radius 3 is 2.60 bits per heavy atom. The normalized spacial score (nSPS) is 10.4. The maximum Gasteiger partial charge on any atom is 0.307 e. The molecule has 2 aromatic rings. The van der Waals surface area contributed by atoms with Crippen LogP contribution in [0.3, 0.4) is 0 Å². The Morgan fingerprint density at radius 1 is 1.24 bits per heavy atom. The molecule has 0 atom stereocenters. The highest BCUT2D eigenvalue weighted by molar-refractivity contribution is 7.09. The van der Waals surface area contributed by atoms with Gasteiger partial charge in [0.1, 0.15) is 11.4 Å². The summed E-state index contributed by atoms with van der Waals surface area (Å²) in [6.45, 7) is 2.41. The minimum Gasteiger partial charge on any atom is -0.497 e. The monoisotopic (exact) mass is 362 g/mol. The number of carbonyl (C=O) groups excluding carboxylic acids is 2. The summed E-state index contributed by atoms with van der Waals surface area (Å²) in [5.74, 6) is 0.309. The zero-order valence-electron chi connectivity index (χ0n) is 14.7. The minimum atomic E-state index is -0.305. The number of carbonyl (C=O) groups is 2. The van der Waals surface area contributed by atoms with Crippen LogP contribution in [0.1, 0.15) is 34.4 Å². The lowest BCUT2D eigenvalue weighted by atomic mass is 10.1. The maximum absolute atomic E-state index is 12.4. The van der Waals surface area contributed by atoms with Crippen LogP contribution < -0.4 is 4.74 Å². The molecule has 0 fully saturated rings. The average Bonchev–Trinajstić information content (AvgIpc) is 3.08. The third-order valence-electron chi connectivity index (χ3n) is 3.59. The van der Waals surface area contributed by atoms with Crippen molar-refractivity contribution in [3.63, 3.8) is 0 Å². The minimum absolute atomic E-state index is 0.179. The maximum atomic E-state index is 12.4. The molecule has 134 valence electrons. The molecular weight excluding hydrogens is 340 g/mol. The van der Waals surface area contributed by atoms with Gasteiger partial charge in [-0.2, -0.15) is 0 Å². The Bertz CT molecular complexity index is 712. The Kier molecular flexibility index (Phi) is 6.94. The van der Waals surface area contributed by atoms with Crippen LogP contribution in [0, 0.1) is 0 Å². The fourth-order valence-corrected chi connectivity index (χ4v) is 3.00. The van der Waals surface area contributed by atoms with Crippen LogP contribution in [0.5, 0.6) is 5.75 Å². The first kappa shape index (κ1) is 18.9. The third kappa shape index (κ3) is 5.56. The second-order valence-corrected chi connectivity index (χ2v) is 6.38. The molecule has 0 aliphatic carbocycles. The largest absolute Gasteiger partial charge is 0.497 e. The van der Waals surface area contributed by atoms with Gasteiger partial charge in [0, 0.05) is 25.4 Å². The van der Waals surface area contributed by atoms with Crippen molar-refractivity contribution in [2.24, 2.45) is 0 Å². The number of hydrogen-bond acceptors (Lipinski definition) is 6. The number of methoxy groups -OCH3 is 1. The first-order valence-electron chi connectivity index (χ1n) is 8.02. The number of aromatic nitrogens is 1. The molecule has 0 aliphatic heterocycles. The van der Waals surface area contributed by atoms with E-state index in [2.05, 4.69) is 4.98 Å². The number of rotatable bonds is 8. The molecule has 25 heavy (non-hydrogen) atoms. The van der Waals surface area contributed by atoms with Crippen molar-refractivity contribution in [1.82, 2.24) is 9.88 Å². The van der Waals surface area contributed by atoms with Gasteiger partial charge in [0.2, 0.25) is 0 Å². The van der Waals surface area contributed by atoms with Gasteiger partial charge in [-0.1, -0.05) is 12.1 Å². The standard InChI is InChI=1S/C18H22N2O4S/c1-4-24-17(21)9-10-20(2)18(22)15-12-25-16(19-15)11-13-5-7-14(23-3)8-6-13/h5-8,12H,4,9-11H2,1-3H3. The Morgan fingerprint density at radius 2 is 1.96 bits per heavy atom. The summed E-state index contributed by atoms with van der Waals surface area (Å²) in [5, 5.41) is 2.62. The van der Waals surface area contributed by atoms with Crippen molar-refractivity contribution < 1.29 is 19.1 Å². The lowest BCUT2D eigenvalue weighted by molar-refractivity contribution is -0.143. The van der Waals surface area contributed by atoms with Crippen molar-refractivity contribution in [2.45, 2.75) is 19.8 Å². The van der Waals surface area contributed by atoms with Gasteiger partial charge < -0.3 is 14.4 Å². The summed E-state index contributed by atoms with van der Waals surface area (Å²) in [6, 6.07) is 7.76. The summed E-state index contributed by atoms with van der Waals surface area (Å²) >= 11 is 1.45. The van der Waals surface area contributed by atoms with Gasteiger partial charge in [0.25, 0.3) is 5.91 Å². The Hall–Kier alpha value is -2.41. The van der Waals surface area contributed by atoms with E-state index < -0.39 is 0 Å². The fraction of sp³-hybridized carbons (Fsp3) is 0.389. The molecule has 0 unspecified atom stereocenters. The van der Waals surface area contributed by atoms with Crippen molar-refractivity contribution >= 4 is 23.2 Å². The van der Waals surface area contributed by atoms with E-state index in [4.69, 9.17) is 9.47 Å². The number of amides is 1. The first-order chi connectivity index (χ1) is 12.0. The van der Waals surface area contributed by atoms with Gasteiger partial charge in [-0.05, 0) is 24.6 Å². The number of benzene rings is 1. The van der Waals surface area contributed by atoms with Gasteiger partial charge in [0.15, 0.2) is 0 Å². The van der Waals surface area contributed by atoms with Gasteiger partial charge in [-0.15, -0.1) is 11.3 Å². The SMILES string of the molecule is CCOC(=O)CCN(C)C(=O)c1csc(Cc2ccc(OC)cc2)n1. The van der Waals surface area contributed by atoms with Crippen molar-refractivity contribution in [3.8, 4) is 5.75 Å². The fourth-order valence-electron chi connectivity index (χ4n) is 2.20. The average molecular weight is 362 g/mol. The van der Waals surface area contributed by atoms with Crippen molar-refractivity contribution in [3.05, 3.63) is 45.9 Å². The van der Waals surface area contributed by atoms with Gasteiger partial charge in [-0.25, -0.2) is 4.98 Å². The Balaban J connectivity index is 1.92. The molecule has 7 heteroatoms. The lowest BCUT2D eigenvalue weighted by Crippen LogP contribution is -2.29. The van der Waals surface area contributed by atoms with Crippen molar-refractivity contribution in [2.75, 3.05) is 27.3 Å². The second-order valence-electron chi connectivity index (χ2n) is 5.43. The molecule has 0 N–H and O–H groups in total. The molecule has 2 rings (SSSR count). The second kappa shape index (κ2) is 9.17. The molecule has 0 aliphatic rings. The van der Waals surface area contributed by atoms with Crippen LogP contribution in [0.2, 0.25) is 0 Å². The highest BCUT2D eigenvalue weighted by Crippen LogP contribution is 2.18. The van der Waals surface area contributed by atoms with E-state index in [1.54, 1.807) is 26.5 Å². The smallest absolute Gasteiger partial charge is 0.307 e. The van der Waals surface area contributed by atoms with Gasteiger partial charge in [0.05, 0.1) is 25.1 Å². The molecule has 0 radical (unpaired) electrons. The molecule has 6 nitrogen and oxygen atoms in total. The number of esters is 1. The molecule has 1 heterocycles. The quantitative estimate of drug-likeness (QED) is 0.676. The molecule has 0 bridgehead atoms. The van der Waals surface area contributed by atoms with Crippen LogP contribution in [0.15, 0.2) is 29.6 Å². The van der Waals surface area contributed by atoms with Gasteiger partial charge in [-0.3, -0.25) is 9.59 Å². The summed E-state index contributed by atoms with van der Waals surface area (Å²) in [7, 11) is 3.29. The topological polar surface area (TPSA) is 68.7 Å². The first-order valence-corrected chi connectivity index (χ1v) is 8.89. The highest BCUT2D eigenvalue weighted by Gasteiger charge is 2.16. The number of hydrogen-bond donors (Lipinski definition) is 0. The van der Waals surface area contributed by atoms with Crippen LogP contribution in [0.4, 0.5) is 0 Å². The van der Waals surface area contributed by atoms with E-state index >= 15 is 0 Å². The number of ether oxygens (including phenoxy) is 2. The molecule has 0 saturated heterocycles. The number of thiazole rings is 1. The van der Waals surface area contributed by atoms with E-state index in [1.807, 2.05) is 24.3 Å². The molecule has 0 spiro atoms. The zero-order valence-corrected chi connectivity index (χ0v) is 15.5. The van der Waals surface area contributed by atoms with E-state index in [0.717, 1.165) is 16.3 Å². The summed E-state index contributed by atoms with van der Waals surface area (Å²) in [6.07, 6.45) is 0.841. The summed E-state index contributed by atoms with van der Waals surface area (Å²) < 4.78 is 10.0. The molecule has 1 aromatic heterocycles. The number of nitrogens with zero attached hydrogens (tertiary/aromatic N) is 2. The van der Waals surface area contributed by atoms with Gasteiger partial charge >= 0.3 is 5.97 Å². The van der Waals surface area contributed by atoms with Crippen molar-refractivity contribution in [1.29, 1.82) is 0 Å². The molecule has 1 aromatic carbocycles. The molecule has 0 saturated carbocycles. The van der Waals surface area contributed by atoms with Crippen LogP contribution in [-0.2, 0) is 16.0 Å². The predicted octanol–water partition coefficient (Wildman–Crippen LogP) is 2.77. The molecule has 1 amide bonds. The Labute approximate surface area is 151 Å². The van der Waals surface area contributed by atoms with E-state index in [-0.39, 0.29) is 18.3 Å². The van der Waals surface area contributed by atoms with E-state index in [1.165, 1.54) is 16.2 Å². The van der Waals surface area contributed by atoms with Crippen LogP contribution in [-0.4, -0.2) is 49.1 Å². The molecular formula is C18H22N2O4S. The lowest BCUT2D eigenvalue weighted by Gasteiger charge is -2.15. The van der Waals surface area contributed by atoms with E-state index in [9.17, 15) is 9.59 Å². The van der Waals surface area contributed by atoms with Crippen LogP contribution >= 0.6 is 11.3 Å². The third-order valence-corrected chi connectivity index (χ3v) is 4.44. The summed E-state index contributed by atoms with van der Waals surface area (Å²) in [5.41, 5.74) is 1.50.